The molecule has 3 rings (SSSR count). The van der Waals surface area contributed by atoms with Crippen LogP contribution in [0.3, 0.4) is 0 Å². The van der Waals surface area contributed by atoms with Crippen LogP contribution in [-0.4, -0.2) is 31.4 Å². The predicted molar refractivity (Wildman–Crippen MR) is 90.1 cm³/mol. The Kier molecular flexibility index (Phi) is 4.76. The van der Waals surface area contributed by atoms with E-state index in [9.17, 15) is 4.79 Å². The third-order valence-electron chi connectivity index (χ3n) is 5.04. The van der Waals surface area contributed by atoms with Crippen molar-refractivity contribution < 1.29 is 14.3 Å². The Morgan fingerprint density at radius 2 is 2.13 bits per heavy atom. The fourth-order valence-electron chi connectivity index (χ4n) is 3.73. The summed E-state index contributed by atoms with van der Waals surface area (Å²) >= 11 is 0. The van der Waals surface area contributed by atoms with Gasteiger partial charge in [-0.15, -0.1) is 0 Å². The van der Waals surface area contributed by atoms with E-state index in [4.69, 9.17) is 9.47 Å². The third-order valence-corrected chi connectivity index (χ3v) is 5.04. The molecule has 1 saturated heterocycles. The zero-order valence-electron chi connectivity index (χ0n) is 14.0. The summed E-state index contributed by atoms with van der Waals surface area (Å²) in [6.07, 6.45) is 6.54. The van der Waals surface area contributed by atoms with Gasteiger partial charge in [0.25, 0.3) is 0 Å². The van der Waals surface area contributed by atoms with Crippen molar-refractivity contribution in [3.63, 3.8) is 0 Å². The lowest BCUT2D eigenvalue weighted by molar-refractivity contribution is -0.0818. The third kappa shape index (κ3) is 3.78. The molecule has 2 aliphatic rings. The van der Waals surface area contributed by atoms with Crippen LogP contribution >= 0.6 is 0 Å². The number of carbonyl (C=O) groups excluding carboxylic acids is 1. The number of aryl methyl sites for hydroxylation is 1. The highest BCUT2D eigenvalue weighted by molar-refractivity contribution is 5.90. The number of urea groups is 1. The standard InChI is InChI=1S/C18H26N2O3/c1-13-5-6-15(22-2)11-16(13)20-17(21)19-14-7-10-23-18(12-14)8-3-4-9-18/h5-6,11,14H,3-4,7-10,12H2,1-2H3,(H2,19,20,21). The molecule has 1 heterocycles. The van der Waals surface area contributed by atoms with Crippen molar-refractivity contribution in [2.75, 3.05) is 19.0 Å². The average molecular weight is 318 g/mol. The van der Waals surface area contributed by atoms with Gasteiger partial charge in [-0.2, -0.15) is 0 Å². The average Bonchev–Trinajstić information content (AvgIpc) is 2.97. The minimum absolute atomic E-state index is 0.0160. The number of hydrogen-bond acceptors (Lipinski definition) is 3. The van der Waals surface area contributed by atoms with Crippen molar-refractivity contribution in [2.45, 2.75) is 57.1 Å². The molecule has 1 aliphatic carbocycles. The first-order valence-corrected chi connectivity index (χ1v) is 8.46. The molecule has 126 valence electrons. The van der Waals surface area contributed by atoms with E-state index in [2.05, 4.69) is 10.6 Å². The minimum atomic E-state index is -0.151. The molecule has 2 amide bonds. The summed E-state index contributed by atoms with van der Waals surface area (Å²) in [6.45, 7) is 2.71. The first-order chi connectivity index (χ1) is 11.1. The van der Waals surface area contributed by atoms with Gasteiger partial charge in [0.1, 0.15) is 5.75 Å². The van der Waals surface area contributed by atoms with Crippen LogP contribution in [0.25, 0.3) is 0 Å². The first-order valence-electron chi connectivity index (χ1n) is 8.46. The summed E-state index contributed by atoms with van der Waals surface area (Å²) in [5, 5.41) is 6.05. The number of carbonyl (C=O) groups is 1. The zero-order chi connectivity index (χ0) is 16.3. The molecular weight excluding hydrogens is 292 g/mol. The van der Waals surface area contributed by atoms with E-state index in [-0.39, 0.29) is 17.7 Å². The summed E-state index contributed by atoms with van der Waals surface area (Å²) in [4.78, 5) is 12.3. The fourth-order valence-corrected chi connectivity index (χ4v) is 3.73. The summed E-state index contributed by atoms with van der Waals surface area (Å²) in [5.74, 6) is 0.738. The van der Waals surface area contributed by atoms with Crippen LogP contribution in [0.5, 0.6) is 5.75 Å². The van der Waals surface area contributed by atoms with Gasteiger partial charge in [-0.25, -0.2) is 4.79 Å². The highest BCUT2D eigenvalue weighted by atomic mass is 16.5. The lowest BCUT2D eigenvalue weighted by Gasteiger charge is -2.38. The number of methoxy groups -OCH3 is 1. The first kappa shape index (κ1) is 16.1. The van der Waals surface area contributed by atoms with Crippen LogP contribution in [0.15, 0.2) is 18.2 Å². The molecule has 0 bridgehead atoms. The Labute approximate surface area is 137 Å². The van der Waals surface area contributed by atoms with Gasteiger partial charge in [0.05, 0.1) is 12.7 Å². The van der Waals surface area contributed by atoms with Gasteiger partial charge >= 0.3 is 6.03 Å². The van der Waals surface area contributed by atoms with Gasteiger partial charge < -0.3 is 20.1 Å². The molecule has 1 aromatic carbocycles. The number of benzene rings is 1. The molecule has 1 unspecified atom stereocenters. The van der Waals surface area contributed by atoms with Crippen molar-refractivity contribution >= 4 is 11.7 Å². The molecule has 2 N–H and O–H groups in total. The smallest absolute Gasteiger partial charge is 0.319 e. The monoisotopic (exact) mass is 318 g/mol. The molecule has 1 spiro atoms. The maximum absolute atomic E-state index is 12.3. The van der Waals surface area contributed by atoms with E-state index >= 15 is 0 Å². The van der Waals surface area contributed by atoms with Crippen LogP contribution in [-0.2, 0) is 4.74 Å². The van der Waals surface area contributed by atoms with Gasteiger partial charge in [0, 0.05) is 24.4 Å². The number of anilines is 1. The van der Waals surface area contributed by atoms with E-state index < -0.39 is 0 Å². The second-order valence-corrected chi connectivity index (χ2v) is 6.71. The number of hydrogen-bond donors (Lipinski definition) is 2. The topological polar surface area (TPSA) is 59.6 Å². The second-order valence-electron chi connectivity index (χ2n) is 6.71. The Balaban J connectivity index is 1.59. The molecule has 23 heavy (non-hydrogen) atoms. The molecule has 0 radical (unpaired) electrons. The Morgan fingerprint density at radius 3 is 2.87 bits per heavy atom. The van der Waals surface area contributed by atoms with Crippen molar-refractivity contribution in [3.05, 3.63) is 23.8 Å². The highest BCUT2D eigenvalue weighted by Crippen LogP contribution is 2.40. The van der Waals surface area contributed by atoms with Gasteiger partial charge in [0.15, 0.2) is 0 Å². The molecule has 1 aromatic rings. The Hall–Kier alpha value is -1.75. The van der Waals surface area contributed by atoms with Crippen molar-refractivity contribution in [2.24, 2.45) is 0 Å². The second kappa shape index (κ2) is 6.79. The number of rotatable bonds is 3. The van der Waals surface area contributed by atoms with E-state index in [1.165, 1.54) is 12.8 Å². The van der Waals surface area contributed by atoms with Gasteiger partial charge in [0.2, 0.25) is 0 Å². The van der Waals surface area contributed by atoms with Gasteiger partial charge in [-0.05, 0) is 44.2 Å². The van der Waals surface area contributed by atoms with Crippen LogP contribution in [0.1, 0.15) is 44.1 Å². The lowest BCUT2D eigenvalue weighted by Crippen LogP contribution is -2.48. The molecule has 1 atom stereocenters. The number of ether oxygens (including phenoxy) is 2. The maximum Gasteiger partial charge on any atom is 0.319 e. The number of amides is 2. The largest absolute Gasteiger partial charge is 0.497 e. The lowest BCUT2D eigenvalue weighted by atomic mass is 9.89. The fraction of sp³-hybridized carbons (Fsp3) is 0.611. The van der Waals surface area contributed by atoms with Crippen LogP contribution in [0.4, 0.5) is 10.5 Å². The quantitative estimate of drug-likeness (QED) is 0.895. The van der Waals surface area contributed by atoms with Gasteiger partial charge in [-0.1, -0.05) is 18.9 Å². The molecule has 5 heteroatoms. The maximum atomic E-state index is 12.3. The minimum Gasteiger partial charge on any atom is -0.497 e. The van der Waals surface area contributed by atoms with E-state index in [1.807, 2.05) is 25.1 Å². The summed E-state index contributed by atoms with van der Waals surface area (Å²) in [6, 6.07) is 5.71. The van der Waals surface area contributed by atoms with E-state index in [0.29, 0.717) is 0 Å². The summed E-state index contributed by atoms with van der Waals surface area (Å²) < 4.78 is 11.2. The molecule has 1 aliphatic heterocycles. The van der Waals surface area contributed by atoms with Crippen molar-refractivity contribution in [3.8, 4) is 5.75 Å². The molecule has 0 aromatic heterocycles. The molecule has 2 fully saturated rings. The number of nitrogens with one attached hydrogen (secondary N) is 2. The molecule has 5 nitrogen and oxygen atoms in total. The van der Waals surface area contributed by atoms with Crippen LogP contribution in [0.2, 0.25) is 0 Å². The highest BCUT2D eigenvalue weighted by Gasteiger charge is 2.40. The van der Waals surface area contributed by atoms with E-state index in [1.54, 1.807) is 7.11 Å². The van der Waals surface area contributed by atoms with Crippen LogP contribution < -0.4 is 15.4 Å². The summed E-state index contributed by atoms with van der Waals surface area (Å²) in [5.41, 5.74) is 1.81. The predicted octanol–water partition coefficient (Wildman–Crippen LogP) is 3.62. The van der Waals surface area contributed by atoms with Gasteiger partial charge in [-0.3, -0.25) is 0 Å². The summed E-state index contributed by atoms with van der Waals surface area (Å²) in [7, 11) is 1.62. The van der Waals surface area contributed by atoms with Crippen molar-refractivity contribution in [1.82, 2.24) is 5.32 Å². The molecular formula is C18H26N2O3. The zero-order valence-corrected chi connectivity index (χ0v) is 14.0. The van der Waals surface area contributed by atoms with Crippen molar-refractivity contribution in [1.29, 1.82) is 0 Å². The van der Waals surface area contributed by atoms with E-state index in [0.717, 1.165) is 49.3 Å². The Bertz CT molecular complexity index is 567. The Morgan fingerprint density at radius 1 is 1.35 bits per heavy atom. The molecule has 1 saturated carbocycles. The van der Waals surface area contributed by atoms with Crippen LogP contribution in [0, 0.1) is 6.92 Å². The SMILES string of the molecule is COc1ccc(C)c(NC(=O)NC2CCOC3(CCCC3)C2)c1. The normalized spacial score (nSPS) is 22.8.